The molecule has 2 heterocycles. The van der Waals surface area contributed by atoms with E-state index in [1.165, 1.54) is 17.5 Å². The summed E-state index contributed by atoms with van der Waals surface area (Å²) in [5.74, 6) is 0. The molecule has 6 heteroatoms. The molecule has 86 valence electrons. The van der Waals surface area contributed by atoms with Crippen molar-refractivity contribution in [3.05, 3.63) is 41.7 Å². The quantitative estimate of drug-likeness (QED) is 0.849. The average molecular weight is 253 g/mol. The first kappa shape index (κ1) is 11.8. The largest absolute Gasteiger partial charge is 0.336 e. The summed E-state index contributed by atoms with van der Waals surface area (Å²) < 4.78 is 0. The minimum absolute atomic E-state index is 0.00987. The number of hydrogen-bond acceptors (Lipinski definition) is 6. The van der Waals surface area contributed by atoms with Gasteiger partial charge in [0.05, 0.1) is 5.69 Å². The Morgan fingerprint density at radius 2 is 2.00 bits per heavy atom. The van der Waals surface area contributed by atoms with Gasteiger partial charge >= 0.3 is 0 Å². The van der Waals surface area contributed by atoms with E-state index in [-0.39, 0.29) is 5.57 Å². The molecule has 18 heavy (non-hydrogen) atoms. The van der Waals surface area contributed by atoms with Crippen LogP contribution in [0.15, 0.2) is 41.7 Å². The molecule has 2 aromatic heterocycles. The highest BCUT2D eigenvalue weighted by molar-refractivity contribution is 7.14. The number of nitrogens with zero attached hydrogens (tertiary/aromatic N) is 4. The van der Waals surface area contributed by atoms with Crippen LogP contribution in [-0.2, 0) is 0 Å². The Balaban J connectivity index is 2.16. The van der Waals surface area contributed by atoms with Crippen molar-refractivity contribution in [3.8, 4) is 23.4 Å². The first-order chi connectivity index (χ1) is 8.83. The number of rotatable bonds is 3. The highest BCUT2D eigenvalue weighted by Crippen LogP contribution is 2.24. The highest BCUT2D eigenvalue weighted by atomic mass is 32.1. The zero-order valence-corrected chi connectivity index (χ0v) is 9.98. The van der Waals surface area contributed by atoms with Gasteiger partial charge in [0.15, 0.2) is 5.13 Å². The highest BCUT2D eigenvalue weighted by Gasteiger charge is 2.03. The molecule has 0 radical (unpaired) electrons. The van der Waals surface area contributed by atoms with Crippen molar-refractivity contribution in [2.45, 2.75) is 0 Å². The van der Waals surface area contributed by atoms with Crippen LogP contribution in [0.1, 0.15) is 0 Å². The van der Waals surface area contributed by atoms with Gasteiger partial charge in [0.2, 0.25) is 0 Å². The lowest BCUT2D eigenvalue weighted by molar-refractivity contribution is 1.31. The monoisotopic (exact) mass is 253 g/mol. The van der Waals surface area contributed by atoms with E-state index in [1.807, 2.05) is 17.5 Å². The fraction of sp³-hybridized carbons (Fsp3) is 0. The summed E-state index contributed by atoms with van der Waals surface area (Å²) in [6.45, 7) is 0. The predicted molar refractivity (Wildman–Crippen MR) is 68.3 cm³/mol. The lowest BCUT2D eigenvalue weighted by Gasteiger charge is -1.94. The molecule has 0 bridgehead atoms. The molecule has 0 aromatic carbocycles. The van der Waals surface area contributed by atoms with Crippen LogP contribution in [0.5, 0.6) is 0 Å². The van der Waals surface area contributed by atoms with Gasteiger partial charge in [-0.05, 0) is 12.1 Å². The Morgan fingerprint density at radius 1 is 1.28 bits per heavy atom. The van der Waals surface area contributed by atoms with Crippen LogP contribution in [0.3, 0.4) is 0 Å². The second-order valence-corrected chi connectivity index (χ2v) is 4.06. The zero-order chi connectivity index (χ0) is 12.8. The minimum atomic E-state index is 0.00987. The normalized spacial score (nSPS) is 9.00. The molecule has 0 unspecified atom stereocenters. The number of thiazole rings is 1. The van der Waals surface area contributed by atoms with Gasteiger partial charge in [-0.25, -0.2) is 4.98 Å². The van der Waals surface area contributed by atoms with Crippen molar-refractivity contribution >= 4 is 16.5 Å². The number of nitrogens with one attached hydrogen (secondary N) is 1. The average Bonchev–Trinajstić information content (AvgIpc) is 2.90. The number of pyridine rings is 1. The molecule has 2 rings (SSSR count). The van der Waals surface area contributed by atoms with E-state index in [4.69, 9.17) is 10.5 Å². The van der Waals surface area contributed by atoms with Crippen LogP contribution in [0.2, 0.25) is 0 Å². The second-order valence-electron chi connectivity index (χ2n) is 3.20. The molecule has 0 fully saturated rings. The van der Waals surface area contributed by atoms with Crippen LogP contribution in [0, 0.1) is 22.7 Å². The molecule has 1 N–H and O–H groups in total. The molecule has 2 aromatic rings. The maximum Gasteiger partial charge on any atom is 0.187 e. The van der Waals surface area contributed by atoms with Gasteiger partial charge in [0.25, 0.3) is 0 Å². The van der Waals surface area contributed by atoms with Crippen LogP contribution in [0.25, 0.3) is 11.3 Å². The maximum absolute atomic E-state index is 8.58. The van der Waals surface area contributed by atoms with E-state index in [0.29, 0.717) is 5.13 Å². The van der Waals surface area contributed by atoms with E-state index in [0.717, 1.165) is 11.3 Å². The number of nitriles is 2. The summed E-state index contributed by atoms with van der Waals surface area (Å²) in [6.07, 6.45) is 4.74. The van der Waals surface area contributed by atoms with Gasteiger partial charge in [-0.2, -0.15) is 10.5 Å². The van der Waals surface area contributed by atoms with Crippen molar-refractivity contribution in [2.24, 2.45) is 0 Å². The van der Waals surface area contributed by atoms with E-state index < -0.39 is 0 Å². The summed E-state index contributed by atoms with van der Waals surface area (Å²) in [5, 5.41) is 22.5. The number of anilines is 1. The molecule has 0 saturated carbocycles. The van der Waals surface area contributed by atoms with E-state index in [2.05, 4.69) is 15.3 Å². The molecule has 0 spiro atoms. The van der Waals surface area contributed by atoms with E-state index >= 15 is 0 Å². The third-order valence-corrected chi connectivity index (χ3v) is 2.83. The van der Waals surface area contributed by atoms with Crippen LogP contribution < -0.4 is 5.32 Å². The summed E-state index contributed by atoms with van der Waals surface area (Å²) >= 11 is 1.40. The van der Waals surface area contributed by atoms with Gasteiger partial charge in [-0.15, -0.1) is 11.3 Å². The maximum atomic E-state index is 8.58. The van der Waals surface area contributed by atoms with Crippen molar-refractivity contribution in [2.75, 3.05) is 5.32 Å². The topological polar surface area (TPSA) is 85.4 Å². The van der Waals surface area contributed by atoms with Gasteiger partial charge in [0.1, 0.15) is 17.7 Å². The molecular weight excluding hydrogens is 246 g/mol. The molecule has 5 nitrogen and oxygen atoms in total. The fourth-order valence-corrected chi connectivity index (χ4v) is 1.91. The van der Waals surface area contributed by atoms with Crippen molar-refractivity contribution in [1.29, 1.82) is 10.5 Å². The Hall–Kier alpha value is -2.70. The minimum Gasteiger partial charge on any atom is -0.336 e. The molecule has 0 amide bonds. The third kappa shape index (κ3) is 2.70. The fourth-order valence-electron chi connectivity index (χ4n) is 1.22. The summed E-state index contributed by atoms with van der Waals surface area (Å²) in [7, 11) is 0. The van der Waals surface area contributed by atoms with Crippen molar-refractivity contribution in [3.63, 3.8) is 0 Å². The lowest BCUT2D eigenvalue weighted by Crippen LogP contribution is -1.89. The molecular formula is C12H7N5S. The van der Waals surface area contributed by atoms with Crippen LogP contribution >= 0.6 is 11.3 Å². The van der Waals surface area contributed by atoms with Crippen LogP contribution in [-0.4, -0.2) is 9.97 Å². The number of aromatic nitrogens is 2. The Morgan fingerprint density at radius 3 is 2.67 bits per heavy atom. The first-order valence-corrected chi connectivity index (χ1v) is 5.84. The third-order valence-electron chi connectivity index (χ3n) is 2.06. The number of allylic oxidation sites excluding steroid dienone is 1. The molecule has 0 atom stereocenters. The molecule has 0 aliphatic heterocycles. The zero-order valence-electron chi connectivity index (χ0n) is 9.16. The molecule has 0 saturated heterocycles. The van der Waals surface area contributed by atoms with E-state index in [9.17, 15) is 0 Å². The van der Waals surface area contributed by atoms with Crippen molar-refractivity contribution < 1.29 is 0 Å². The Labute approximate surface area is 108 Å². The van der Waals surface area contributed by atoms with Crippen LogP contribution in [0.4, 0.5) is 5.13 Å². The van der Waals surface area contributed by atoms with Gasteiger partial charge in [0, 0.05) is 29.5 Å². The smallest absolute Gasteiger partial charge is 0.187 e. The van der Waals surface area contributed by atoms with Gasteiger partial charge in [-0.3, -0.25) is 4.98 Å². The van der Waals surface area contributed by atoms with Gasteiger partial charge < -0.3 is 5.32 Å². The van der Waals surface area contributed by atoms with Crippen molar-refractivity contribution in [1.82, 2.24) is 9.97 Å². The Kier molecular flexibility index (Phi) is 3.65. The SMILES string of the molecule is N#CC(C#N)=CNc1nc(-c2ccncc2)cs1. The number of hydrogen-bond donors (Lipinski definition) is 1. The summed E-state index contributed by atoms with van der Waals surface area (Å²) in [6, 6.07) is 7.26. The second kappa shape index (κ2) is 5.58. The summed E-state index contributed by atoms with van der Waals surface area (Å²) in [5.41, 5.74) is 1.81. The standard InChI is InChI=1S/C12H7N5S/c13-5-9(6-14)7-16-12-17-11(8-18-12)10-1-3-15-4-2-10/h1-4,7-8H,(H,16,17). The predicted octanol–water partition coefficient (Wildman–Crippen LogP) is 2.55. The van der Waals surface area contributed by atoms with E-state index in [1.54, 1.807) is 24.5 Å². The Bertz CT molecular complexity index is 629. The molecule has 0 aliphatic rings. The summed E-state index contributed by atoms with van der Waals surface area (Å²) in [4.78, 5) is 8.28. The first-order valence-electron chi connectivity index (χ1n) is 4.96. The van der Waals surface area contributed by atoms with Gasteiger partial charge in [-0.1, -0.05) is 0 Å². The molecule has 0 aliphatic carbocycles. The lowest BCUT2D eigenvalue weighted by atomic mass is 10.2.